The lowest BCUT2D eigenvalue weighted by Gasteiger charge is -2.04. The Hall–Kier alpha value is -3.53. The van der Waals surface area contributed by atoms with E-state index in [0.717, 1.165) is 22.2 Å². The number of aromatic nitrogens is 1. The first-order valence-electron chi connectivity index (χ1n) is 9.22. The van der Waals surface area contributed by atoms with Gasteiger partial charge in [-0.1, -0.05) is 59.7 Å². The summed E-state index contributed by atoms with van der Waals surface area (Å²) in [4.78, 5) is 13.3. The van der Waals surface area contributed by atoms with Crippen molar-refractivity contribution in [2.75, 3.05) is 0 Å². The van der Waals surface area contributed by atoms with E-state index in [4.69, 9.17) is 0 Å². The van der Waals surface area contributed by atoms with Gasteiger partial charge >= 0.3 is 0 Å². The summed E-state index contributed by atoms with van der Waals surface area (Å²) < 4.78 is 1.91. The zero-order valence-electron chi connectivity index (χ0n) is 16.2. The van der Waals surface area contributed by atoms with E-state index in [1.165, 1.54) is 5.56 Å². The molecule has 0 saturated carbocycles. The van der Waals surface area contributed by atoms with Gasteiger partial charge in [0.1, 0.15) is 11.4 Å². The van der Waals surface area contributed by atoms with Crippen LogP contribution in [0.1, 0.15) is 27.2 Å². The number of carbonyl (C=O) groups is 1. The molecule has 0 N–H and O–H groups in total. The second-order valence-corrected chi connectivity index (χ2v) is 7.01. The zero-order chi connectivity index (χ0) is 19.7. The van der Waals surface area contributed by atoms with E-state index in [-0.39, 0.29) is 5.78 Å². The number of rotatable bonds is 4. The molecular weight excluding hydrogens is 346 g/mol. The zero-order valence-corrected chi connectivity index (χ0v) is 16.2. The molecule has 0 unspecified atom stereocenters. The number of carbonyl (C=O) groups excluding carboxylic acids is 1. The fraction of sp³-hybridized carbons (Fsp3) is 0.125. The van der Waals surface area contributed by atoms with Crippen LogP contribution >= 0.6 is 0 Å². The van der Waals surface area contributed by atoms with Crippen molar-refractivity contribution in [3.8, 4) is 0 Å². The first-order chi connectivity index (χ1) is 13.5. The minimum atomic E-state index is -0.0604. The molecule has 4 aromatic rings. The molecule has 0 fully saturated rings. The summed E-state index contributed by atoms with van der Waals surface area (Å²) in [5.41, 5.74) is 5.79. The van der Waals surface area contributed by atoms with Gasteiger partial charge in [-0.15, -0.1) is 5.11 Å². The van der Waals surface area contributed by atoms with Crippen molar-refractivity contribution in [2.45, 2.75) is 13.8 Å². The molecule has 28 heavy (non-hydrogen) atoms. The lowest BCUT2D eigenvalue weighted by molar-refractivity contribution is 0.103. The number of hydrogen-bond acceptors (Lipinski definition) is 3. The number of benzene rings is 3. The Bertz CT molecular complexity index is 1190. The van der Waals surface area contributed by atoms with Gasteiger partial charge in [-0.05, 0) is 38.1 Å². The molecule has 0 amide bonds. The van der Waals surface area contributed by atoms with Crippen LogP contribution < -0.4 is 0 Å². The lowest BCUT2D eigenvalue weighted by Crippen LogP contribution is -2.07. The Morgan fingerprint density at radius 2 is 1.50 bits per heavy atom. The Morgan fingerprint density at radius 3 is 2.21 bits per heavy atom. The molecule has 0 spiro atoms. The van der Waals surface area contributed by atoms with Crippen LogP contribution in [-0.4, -0.2) is 10.4 Å². The van der Waals surface area contributed by atoms with Gasteiger partial charge in [-0.2, -0.15) is 5.11 Å². The predicted octanol–water partition coefficient (Wildman–Crippen LogP) is 6.44. The van der Waals surface area contributed by atoms with Crippen molar-refractivity contribution < 1.29 is 4.79 Å². The molecule has 0 aliphatic heterocycles. The topological polar surface area (TPSA) is 46.7 Å². The SMILES string of the molecule is Cc1ccc(/N=N/c2c(C(=O)c3ccccc3)n(C)c3ccc(C)cc23)cc1. The molecule has 0 atom stereocenters. The van der Waals surface area contributed by atoms with E-state index in [1.807, 2.05) is 92.2 Å². The largest absolute Gasteiger partial charge is 0.339 e. The van der Waals surface area contributed by atoms with Gasteiger partial charge in [0, 0.05) is 18.0 Å². The van der Waals surface area contributed by atoms with Crippen LogP contribution in [0.15, 0.2) is 83.0 Å². The maximum absolute atomic E-state index is 13.3. The molecule has 4 heteroatoms. The van der Waals surface area contributed by atoms with Crippen LogP contribution in [0.2, 0.25) is 0 Å². The number of nitrogens with zero attached hydrogens (tertiary/aromatic N) is 3. The Labute approximate surface area is 164 Å². The van der Waals surface area contributed by atoms with Crippen LogP contribution in [0, 0.1) is 13.8 Å². The summed E-state index contributed by atoms with van der Waals surface area (Å²) in [6, 6.07) is 23.3. The highest BCUT2D eigenvalue weighted by atomic mass is 16.1. The quantitative estimate of drug-likeness (QED) is 0.302. The first-order valence-corrected chi connectivity index (χ1v) is 9.22. The van der Waals surface area contributed by atoms with Crippen molar-refractivity contribution in [3.63, 3.8) is 0 Å². The second-order valence-electron chi connectivity index (χ2n) is 7.01. The molecule has 1 heterocycles. The van der Waals surface area contributed by atoms with Crippen LogP contribution in [0.5, 0.6) is 0 Å². The molecule has 3 aromatic carbocycles. The summed E-state index contributed by atoms with van der Waals surface area (Å²) in [7, 11) is 1.90. The summed E-state index contributed by atoms with van der Waals surface area (Å²) in [5.74, 6) is -0.0604. The minimum Gasteiger partial charge on any atom is -0.339 e. The molecule has 0 saturated heterocycles. The van der Waals surface area contributed by atoms with Gasteiger partial charge in [0.25, 0.3) is 0 Å². The van der Waals surface area contributed by atoms with Crippen LogP contribution in [0.3, 0.4) is 0 Å². The van der Waals surface area contributed by atoms with E-state index < -0.39 is 0 Å². The predicted molar refractivity (Wildman–Crippen MR) is 113 cm³/mol. The highest BCUT2D eigenvalue weighted by Gasteiger charge is 2.22. The van der Waals surface area contributed by atoms with Crippen LogP contribution in [0.25, 0.3) is 10.9 Å². The van der Waals surface area contributed by atoms with Crippen molar-refractivity contribution in [1.29, 1.82) is 0 Å². The molecule has 0 aliphatic rings. The number of hydrogen-bond donors (Lipinski definition) is 0. The molecule has 0 radical (unpaired) electrons. The molecule has 4 rings (SSSR count). The third-order valence-corrected chi connectivity index (χ3v) is 4.88. The van der Waals surface area contributed by atoms with E-state index in [2.05, 4.69) is 16.3 Å². The van der Waals surface area contributed by atoms with Gasteiger partial charge < -0.3 is 4.57 Å². The van der Waals surface area contributed by atoms with Crippen molar-refractivity contribution in [2.24, 2.45) is 17.3 Å². The molecule has 0 bridgehead atoms. The third kappa shape index (κ3) is 3.25. The third-order valence-electron chi connectivity index (χ3n) is 4.88. The van der Waals surface area contributed by atoms with Gasteiger partial charge in [-0.3, -0.25) is 4.79 Å². The lowest BCUT2D eigenvalue weighted by atomic mass is 10.1. The maximum Gasteiger partial charge on any atom is 0.211 e. The van der Waals surface area contributed by atoms with Gasteiger partial charge in [0.05, 0.1) is 11.2 Å². The van der Waals surface area contributed by atoms with Crippen LogP contribution in [-0.2, 0) is 7.05 Å². The molecule has 1 aromatic heterocycles. The Balaban J connectivity index is 1.91. The van der Waals surface area contributed by atoms with E-state index in [0.29, 0.717) is 16.9 Å². The van der Waals surface area contributed by atoms with E-state index in [1.54, 1.807) is 0 Å². The minimum absolute atomic E-state index is 0.0604. The molecule has 138 valence electrons. The van der Waals surface area contributed by atoms with Gasteiger partial charge in [0.2, 0.25) is 5.78 Å². The molecule has 0 aliphatic carbocycles. The second kappa shape index (κ2) is 7.24. The highest BCUT2D eigenvalue weighted by Crippen LogP contribution is 2.36. The molecular formula is C24H21N3O. The maximum atomic E-state index is 13.3. The fourth-order valence-electron chi connectivity index (χ4n) is 3.35. The van der Waals surface area contributed by atoms with Gasteiger partial charge in [-0.25, -0.2) is 0 Å². The number of ketones is 1. The Kier molecular flexibility index (Phi) is 4.62. The number of aryl methyl sites for hydroxylation is 3. The Morgan fingerprint density at radius 1 is 0.821 bits per heavy atom. The normalized spacial score (nSPS) is 11.4. The summed E-state index contributed by atoms with van der Waals surface area (Å²) in [6.07, 6.45) is 0. The fourth-order valence-corrected chi connectivity index (χ4v) is 3.35. The smallest absolute Gasteiger partial charge is 0.211 e. The number of azo groups is 1. The van der Waals surface area contributed by atoms with Crippen molar-refractivity contribution in [1.82, 2.24) is 4.57 Å². The summed E-state index contributed by atoms with van der Waals surface area (Å²) in [5, 5.41) is 9.86. The standard InChI is InChI=1S/C24H21N3O/c1-16-9-12-19(13-10-16)25-26-22-20-15-17(2)11-14-21(20)27(3)23(22)24(28)18-7-5-4-6-8-18/h4-15H,1-3H3/b26-25+. The highest BCUT2D eigenvalue weighted by molar-refractivity contribution is 6.16. The average Bonchev–Trinajstić information content (AvgIpc) is 2.98. The average molecular weight is 367 g/mol. The van der Waals surface area contributed by atoms with E-state index in [9.17, 15) is 4.79 Å². The van der Waals surface area contributed by atoms with Crippen molar-refractivity contribution >= 4 is 28.1 Å². The summed E-state index contributed by atoms with van der Waals surface area (Å²) in [6.45, 7) is 4.07. The first kappa shape index (κ1) is 17.9. The number of fused-ring (bicyclic) bond motifs is 1. The van der Waals surface area contributed by atoms with Crippen molar-refractivity contribution in [3.05, 3.63) is 95.2 Å². The van der Waals surface area contributed by atoms with Gasteiger partial charge in [0.15, 0.2) is 0 Å². The monoisotopic (exact) mass is 367 g/mol. The summed E-state index contributed by atoms with van der Waals surface area (Å²) >= 11 is 0. The molecule has 4 nitrogen and oxygen atoms in total. The van der Waals surface area contributed by atoms with Crippen LogP contribution in [0.4, 0.5) is 11.4 Å². The van der Waals surface area contributed by atoms with E-state index >= 15 is 0 Å².